The van der Waals surface area contributed by atoms with Crippen LogP contribution in [0.1, 0.15) is 19.4 Å². The number of rotatable bonds is 11. The highest BCUT2D eigenvalue weighted by atomic mass is 32.1. The summed E-state index contributed by atoms with van der Waals surface area (Å²) in [6.07, 6.45) is 0.208. The second-order valence-corrected chi connectivity index (χ2v) is 7.19. The van der Waals surface area contributed by atoms with E-state index < -0.39 is 41.8 Å². The van der Waals surface area contributed by atoms with E-state index in [0.29, 0.717) is 0 Å². The van der Waals surface area contributed by atoms with E-state index in [1.54, 1.807) is 13.8 Å². The molecule has 0 heterocycles. The third-order valence-corrected chi connectivity index (χ3v) is 4.53. The zero-order valence-corrected chi connectivity index (χ0v) is 17.3. The second-order valence-electron chi connectivity index (χ2n) is 6.83. The fourth-order valence-corrected chi connectivity index (χ4v) is 2.80. The van der Waals surface area contributed by atoms with Crippen molar-refractivity contribution in [2.24, 2.45) is 11.7 Å². The molecule has 0 aromatic heterocycles. The Morgan fingerprint density at radius 2 is 1.62 bits per heavy atom. The van der Waals surface area contributed by atoms with E-state index in [1.807, 2.05) is 30.3 Å². The molecule has 3 amide bonds. The number of hydrogen-bond acceptors (Lipinski definition) is 6. The smallest absolute Gasteiger partial charge is 0.327 e. The first kappa shape index (κ1) is 24.4. The van der Waals surface area contributed by atoms with Gasteiger partial charge < -0.3 is 26.8 Å². The van der Waals surface area contributed by atoms with Crippen molar-refractivity contribution in [2.75, 3.05) is 12.3 Å². The summed E-state index contributed by atoms with van der Waals surface area (Å²) < 4.78 is 0. The monoisotopic (exact) mass is 424 g/mol. The molecule has 3 atom stereocenters. The van der Waals surface area contributed by atoms with Gasteiger partial charge in [0, 0.05) is 12.2 Å². The summed E-state index contributed by atoms with van der Waals surface area (Å²) in [5.74, 6) is -3.35. The lowest BCUT2D eigenvalue weighted by Crippen LogP contribution is -2.58. The molecule has 1 rings (SSSR count). The van der Waals surface area contributed by atoms with E-state index in [-0.39, 0.29) is 24.6 Å². The number of carbonyl (C=O) groups is 4. The Balaban J connectivity index is 2.95. The zero-order valence-electron chi connectivity index (χ0n) is 16.4. The molecule has 0 radical (unpaired) electrons. The van der Waals surface area contributed by atoms with Crippen molar-refractivity contribution in [1.82, 2.24) is 16.0 Å². The summed E-state index contributed by atoms with van der Waals surface area (Å²) >= 11 is 3.91. The summed E-state index contributed by atoms with van der Waals surface area (Å²) in [6, 6.07) is 5.96. The minimum absolute atomic E-state index is 0.0942. The maximum Gasteiger partial charge on any atom is 0.327 e. The summed E-state index contributed by atoms with van der Waals surface area (Å²) in [5, 5.41) is 16.6. The molecule has 0 aliphatic heterocycles. The Bertz CT molecular complexity index is 714. The number of carbonyl (C=O) groups excluding carboxylic acids is 3. The molecule has 1 aromatic rings. The third kappa shape index (κ3) is 8.12. The molecule has 10 heteroatoms. The SMILES string of the molecule is CC(C)C(NC(=O)C(Cc1ccccc1)NC(=O)CN)C(=O)NC(CS)C(=O)O. The number of nitrogens with one attached hydrogen (secondary N) is 3. The molecular weight excluding hydrogens is 396 g/mol. The first-order valence-corrected chi connectivity index (χ1v) is 9.80. The summed E-state index contributed by atoms with van der Waals surface area (Å²) in [6.45, 7) is 3.15. The fraction of sp³-hybridized carbons (Fsp3) is 0.474. The number of carboxylic acid groups (broad SMARTS) is 1. The van der Waals surface area contributed by atoms with Gasteiger partial charge in [0.1, 0.15) is 18.1 Å². The van der Waals surface area contributed by atoms with Gasteiger partial charge in [-0.05, 0) is 11.5 Å². The highest BCUT2D eigenvalue weighted by Gasteiger charge is 2.30. The Kier molecular flexibility index (Phi) is 10.2. The van der Waals surface area contributed by atoms with Crippen LogP contribution in [0, 0.1) is 5.92 Å². The predicted molar refractivity (Wildman–Crippen MR) is 111 cm³/mol. The van der Waals surface area contributed by atoms with Crippen LogP contribution in [0.5, 0.6) is 0 Å². The summed E-state index contributed by atoms with van der Waals surface area (Å²) in [7, 11) is 0. The van der Waals surface area contributed by atoms with Gasteiger partial charge in [-0.15, -0.1) is 0 Å². The van der Waals surface area contributed by atoms with E-state index in [2.05, 4.69) is 28.6 Å². The van der Waals surface area contributed by atoms with Gasteiger partial charge in [-0.1, -0.05) is 44.2 Å². The molecule has 6 N–H and O–H groups in total. The molecule has 0 bridgehead atoms. The minimum Gasteiger partial charge on any atom is -0.480 e. The molecule has 9 nitrogen and oxygen atoms in total. The van der Waals surface area contributed by atoms with Crippen LogP contribution in [-0.4, -0.2) is 59.2 Å². The van der Waals surface area contributed by atoms with E-state index in [9.17, 15) is 19.2 Å². The van der Waals surface area contributed by atoms with Crippen LogP contribution >= 0.6 is 12.6 Å². The minimum atomic E-state index is -1.22. The van der Waals surface area contributed by atoms with E-state index in [1.165, 1.54) is 0 Å². The van der Waals surface area contributed by atoms with Gasteiger partial charge in [0.2, 0.25) is 17.7 Å². The standard InChI is InChI=1S/C19H28N4O5S/c1-11(2)16(18(26)22-14(10-29)19(27)28)23-17(25)13(21-15(24)9-20)8-12-6-4-3-5-7-12/h3-7,11,13-14,16,29H,8-10,20H2,1-2H3,(H,21,24)(H,22,26)(H,23,25)(H,27,28). The molecule has 0 saturated carbocycles. The Labute approximate surface area is 175 Å². The highest BCUT2D eigenvalue weighted by molar-refractivity contribution is 7.80. The van der Waals surface area contributed by atoms with Crippen LogP contribution < -0.4 is 21.7 Å². The zero-order chi connectivity index (χ0) is 22.0. The predicted octanol–water partition coefficient (Wildman–Crippen LogP) is -0.687. The number of hydrogen-bond donors (Lipinski definition) is 6. The molecule has 0 spiro atoms. The molecule has 3 unspecified atom stereocenters. The molecule has 160 valence electrons. The molecule has 1 aromatic carbocycles. The van der Waals surface area contributed by atoms with Crippen molar-refractivity contribution in [3.8, 4) is 0 Å². The molecular formula is C19H28N4O5S. The van der Waals surface area contributed by atoms with E-state index in [0.717, 1.165) is 5.56 Å². The first-order chi connectivity index (χ1) is 13.7. The Morgan fingerprint density at radius 1 is 1.00 bits per heavy atom. The van der Waals surface area contributed by atoms with Crippen LogP contribution in [0.25, 0.3) is 0 Å². The van der Waals surface area contributed by atoms with Gasteiger partial charge >= 0.3 is 5.97 Å². The molecule has 0 aliphatic carbocycles. The maximum absolute atomic E-state index is 12.8. The average molecular weight is 425 g/mol. The lowest BCUT2D eigenvalue weighted by atomic mass is 10.0. The van der Waals surface area contributed by atoms with Crippen molar-refractivity contribution in [3.05, 3.63) is 35.9 Å². The quantitative estimate of drug-likeness (QED) is 0.259. The van der Waals surface area contributed by atoms with Gasteiger partial charge in [-0.2, -0.15) is 12.6 Å². The average Bonchev–Trinajstić information content (AvgIpc) is 2.69. The van der Waals surface area contributed by atoms with Crippen molar-refractivity contribution >= 4 is 36.3 Å². The van der Waals surface area contributed by atoms with Crippen molar-refractivity contribution in [3.63, 3.8) is 0 Å². The lowest BCUT2D eigenvalue weighted by molar-refractivity contribution is -0.142. The number of carboxylic acids is 1. The normalized spacial score (nSPS) is 13.8. The third-order valence-electron chi connectivity index (χ3n) is 4.16. The maximum atomic E-state index is 12.8. The molecule has 0 fully saturated rings. The van der Waals surface area contributed by atoms with E-state index in [4.69, 9.17) is 10.8 Å². The van der Waals surface area contributed by atoms with Crippen molar-refractivity contribution in [1.29, 1.82) is 0 Å². The second kappa shape index (κ2) is 12.1. The largest absolute Gasteiger partial charge is 0.480 e. The number of aliphatic carboxylic acids is 1. The van der Waals surface area contributed by atoms with Crippen LogP contribution in [0.2, 0.25) is 0 Å². The molecule has 29 heavy (non-hydrogen) atoms. The van der Waals surface area contributed by atoms with Crippen LogP contribution in [-0.2, 0) is 25.6 Å². The Hall–Kier alpha value is -2.59. The lowest BCUT2D eigenvalue weighted by Gasteiger charge is -2.26. The topological polar surface area (TPSA) is 151 Å². The van der Waals surface area contributed by atoms with Gasteiger partial charge in [0.05, 0.1) is 6.54 Å². The summed E-state index contributed by atoms with van der Waals surface area (Å²) in [5.41, 5.74) is 6.16. The van der Waals surface area contributed by atoms with E-state index >= 15 is 0 Å². The van der Waals surface area contributed by atoms with Gasteiger partial charge in [0.25, 0.3) is 0 Å². The van der Waals surface area contributed by atoms with Crippen LogP contribution in [0.4, 0.5) is 0 Å². The first-order valence-electron chi connectivity index (χ1n) is 9.17. The van der Waals surface area contributed by atoms with Crippen molar-refractivity contribution in [2.45, 2.75) is 38.4 Å². The van der Waals surface area contributed by atoms with Crippen LogP contribution in [0.3, 0.4) is 0 Å². The van der Waals surface area contributed by atoms with Gasteiger partial charge in [-0.25, -0.2) is 4.79 Å². The molecule has 0 saturated heterocycles. The van der Waals surface area contributed by atoms with Gasteiger partial charge in [-0.3, -0.25) is 14.4 Å². The fourth-order valence-electron chi connectivity index (χ4n) is 2.55. The molecule has 0 aliphatic rings. The van der Waals surface area contributed by atoms with Crippen LogP contribution in [0.15, 0.2) is 30.3 Å². The van der Waals surface area contributed by atoms with Gasteiger partial charge in [0.15, 0.2) is 0 Å². The van der Waals surface area contributed by atoms with Crippen molar-refractivity contribution < 1.29 is 24.3 Å². The number of thiol groups is 1. The number of benzene rings is 1. The highest BCUT2D eigenvalue weighted by Crippen LogP contribution is 2.07. The number of nitrogens with two attached hydrogens (primary N) is 1. The summed E-state index contributed by atoms with van der Waals surface area (Å²) in [4.78, 5) is 48.2. The number of amides is 3. The Morgan fingerprint density at radius 3 is 2.10 bits per heavy atom.